The molecule has 0 radical (unpaired) electrons. The molecule has 0 aliphatic carbocycles. The summed E-state index contributed by atoms with van der Waals surface area (Å²) in [6, 6.07) is 26.5. The third-order valence-electron chi connectivity index (χ3n) is 4.83. The Hall–Kier alpha value is -3.78. The normalized spacial score (nSPS) is 11.1. The number of anilines is 3. The van der Waals surface area contributed by atoms with E-state index in [1.54, 1.807) is 16.8 Å². The van der Waals surface area contributed by atoms with E-state index >= 15 is 0 Å². The quantitative estimate of drug-likeness (QED) is 0.408. The maximum absolute atomic E-state index is 13.0. The van der Waals surface area contributed by atoms with Gasteiger partial charge in [-0.1, -0.05) is 36.4 Å². The number of para-hydroxylation sites is 2. The molecule has 7 nitrogen and oxygen atoms in total. The number of hydrogen-bond donors (Lipinski definition) is 2. The zero-order valence-corrected chi connectivity index (χ0v) is 17.8. The first kappa shape index (κ1) is 20.5. The van der Waals surface area contributed by atoms with Crippen molar-refractivity contribution >= 4 is 27.1 Å². The van der Waals surface area contributed by atoms with Gasteiger partial charge in [0.15, 0.2) is 0 Å². The SMILES string of the molecule is CN(c1ccc(NCNc2ccccc2)cc1)S(=O)(=O)c1cnn(-c2ccccc2)c1. The first-order chi connectivity index (χ1) is 15.0. The Labute approximate surface area is 182 Å². The van der Waals surface area contributed by atoms with Gasteiger partial charge in [0, 0.05) is 18.4 Å². The predicted molar refractivity (Wildman–Crippen MR) is 124 cm³/mol. The van der Waals surface area contributed by atoms with Crippen molar-refractivity contribution < 1.29 is 8.42 Å². The number of aromatic nitrogens is 2. The van der Waals surface area contributed by atoms with Crippen molar-refractivity contribution in [1.29, 1.82) is 0 Å². The van der Waals surface area contributed by atoms with Gasteiger partial charge in [-0.15, -0.1) is 0 Å². The van der Waals surface area contributed by atoms with Gasteiger partial charge in [0.1, 0.15) is 4.90 Å². The molecule has 0 spiro atoms. The van der Waals surface area contributed by atoms with Crippen LogP contribution in [0.15, 0.2) is 102 Å². The molecule has 0 bridgehead atoms. The molecule has 1 aromatic heterocycles. The Kier molecular flexibility index (Phi) is 5.90. The van der Waals surface area contributed by atoms with Crippen LogP contribution in [-0.4, -0.2) is 31.9 Å². The van der Waals surface area contributed by atoms with Crippen molar-refractivity contribution in [2.45, 2.75) is 4.90 Å². The van der Waals surface area contributed by atoms with Crippen molar-refractivity contribution in [1.82, 2.24) is 9.78 Å². The molecule has 0 fully saturated rings. The fraction of sp³-hybridized carbons (Fsp3) is 0.0870. The molecule has 31 heavy (non-hydrogen) atoms. The average Bonchev–Trinajstić information content (AvgIpc) is 3.32. The minimum atomic E-state index is -3.73. The summed E-state index contributed by atoms with van der Waals surface area (Å²) >= 11 is 0. The van der Waals surface area contributed by atoms with E-state index in [1.807, 2.05) is 72.8 Å². The molecule has 4 rings (SSSR count). The number of rotatable bonds is 8. The van der Waals surface area contributed by atoms with Crippen LogP contribution in [0, 0.1) is 0 Å². The van der Waals surface area contributed by atoms with Gasteiger partial charge in [0.05, 0.1) is 30.4 Å². The highest BCUT2D eigenvalue weighted by atomic mass is 32.2. The van der Waals surface area contributed by atoms with Crippen LogP contribution in [0.5, 0.6) is 0 Å². The van der Waals surface area contributed by atoms with Gasteiger partial charge in [0.25, 0.3) is 10.0 Å². The Bertz CT molecular complexity index is 1220. The fourth-order valence-corrected chi connectivity index (χ4v) is 4.18. The Morgan fingerprint density at radius 1 is 0.839 bits per heavy atom. The summed E-state index contributed by atoms with van der Waals surface area (Å²) in [5.41, 5.74) is 3.27. The lowest BCUT2D eigenvalue weighted by atomic mass is 10.3. The zero-order valence-electron chi connectivity index (χ0n) is 17.0. The van der Waals surface area contributed by atoms with Crippen LogP contribution in [0.3, 0.4) is 0 Å². The van der Waals surface area contributed by atoms with E-state index in [4.69, 9.17) is 0 Å². The second kappa shape index (κ2) is 8.93. The number of nitrogens with zero attached hydrogens (tertiary/aromatic N) is 3. The fourth-order valence-electron chi connectivity index (χ4n) is 3.05. The molecule has 0 atom stereocenters. The van der Waals surface area contributed by atoms with Gasteiger partial charge < -0.3 is 10.6 Å². The molecule has 0 aliphatic heterocycles. The molecule has 1 heterocycles. The highest BCUT2D eigenvalue weighted by Gasteiger charge is 2.23. The molecule has 8 heteroatoms. The molecular weight excluding hydrogens is 410 g/mol. The van der Waals surface area contributed by atoms with Gasteiger partial charge in [-0.2, -0.15) is 5.10 Å². The van der Waals surface area contributed by atoms with Crippen LogP contribution in [0.25, 0.3) is 5.69 Å². The molecule has 0 saturated carbocycles. The van der Waals surface area contributed by atoms with E-state index in [0.29, 0.717) is 12.4 Å². The summed E-state index contributed by atoms with van der Waals surface area (Å²) in [6.45, 7) is 0.552. The van der Waals surface area contributed by atoms with E-state index in [-0.39, 0.29) is 4.90 Å². The van der Waals surface area contributed by atoms with Gasteiger partial charge in [-0.3, -0.25) is 4.31 Å². The summed E-state index contributed by atoms with van der Waals surface area (Å²) < 4.78 is 28.9. The van der Waals surface area contributed by atoms with E-state index in [9.17, 15) is 8.42 Å². The molecule has 0 aliphatic rings. The number of sulfonamides is 1. The van der Waals surface area contributed by atoms with Crippen molar-refractivity contribution in [2.24, 2.45) is 0 Å². The van der Waals surface area contributed by atoms with Crippen LogP contribution >= 0.6 is 0 Å². The molecule has 158 valence electrons. The van der Waals surface area contributed by atoms with Crippen molar-refractivity contribution in [2.75, 3.05) is 28.7 Å². The molecule has 2 N–H and O–H groups in total. The van der Waals surface area contributed by atoms with E-state index in [2.05, 4.69) is 15.7 Å². The molecule has 4 aromatic rings. The lowest BCUT2D eigenvalue weighted by Crippen LogP contribution is -2.26. The summed E-state index contributed by atoms with van der Waals surface area (Å²) in [5.74, 6) is 0. The van der Waals surface area contributed by atoms with Crippen LogP contribution in [0.1, 0.15) is 0 Å². The summed E-state index contributed by atoms with van der Waals surface area (Å²) in [7, 11) is -2.19. The Balaban J connectivity index is 1.42. The van der Waals surface area contributed by atoms with Crippen LogP contribution in [0.4, 0.5) is 17.1 Å². The Morgan fingerprint density at radius 3 is 2.06 bits per heavy atom. The third-order valence-corrected chi connectivity index (χ3v) is 6.57. The van der Waals surface area contributed by atoms with Crippen molar-refractivity contribution in [3.63, 3.8) is 0 Å². The first-order valence-electron chi connectivity index (χ1n) is 9.76. The van der Waals surface area contributed by atoms with Gasteiger partial charge in [-0.25, -0.2) is 13.1 Å². The lowest BCUT2D eigenvalue weighted by molar-refractivity contribution is 0.594. The second-order valence-electron chi connectivity index (χ2n) is 6.87. The minimum absolute atomic E-state index is 0.133. The molecular formula is C23H23N5O2S. The maximum atomic E-state index is 13.0. The minimum Gasteiger partial charge on any atom is -0.368 e. The van der Waals surface area contributed by atoms with Gasteiger partial charge in [0.2, 0.25) is 0 Å². The van der Waals surface area contributed by atoms with Crippen molar-refractivity contribution in [3.8, 4) is 5.69 Å². The van der Waals surface area contributed by atoms with Gasteiger partial charge in [-0.05, 0) is 48.5 Å². The Morgan fingerprint density at radius 2 is 1.42 bits per heavy atom. The average molecular weight is 434 g/mol. The zero-order chi connectivity index (χ0) is 21.7. The smallest absolute Gasteiger partial charge is 0.267 e. The van der Waals surface area contributed by atoms with Crippen LogP contribution in [-0.2, 0) is 10.0 Å². The van der Waals surface area contributed by atoms with Gasteiger partial charge >= 0.3 is 0 Å². The highest BCUT2D eigenvalue weighted by molar-refractivity contribution is 7.92. The summed E-state index contributed by atoms with van der Waals surface area (Å²) in [5, 5.41) is 10.7. The van der Waals surface area contributed by atoms with E-state index in [1.165, 1.54) is 23.7 Å². The highest BCUT2D eigenvalue weighted by Crippen LogP contribution is 2.24. The summed E-state index contributed by atoms with van der Waals surface area (Å²) in [6.07, 6.45) is 2.89. The largest absolute Gasteiger partial charge is 0.368 e. The van der Waals surface area contributed by atoms with Crippen molar-refractivity contribution in [3.05, 3.63) is 97.3 Å². The first-order valence-corrected chi connectivity index (χ1v) is 11.2. The second-order valence-corrected chi connectivity index (χ2v) is 8.84. The predicted octanol–water partition coefficient (Wildman–Crippen LogP) is 4.18. The molecule has 3 aromatic carbocycles. The molecule has 0 saturated heterocycles. The van der Waals surface area contributed by atoms with Crippen LogP contribution in [0.2, 0.25) is 0 Å². The number of hydrogen-bond acceptors (Lipinski definition) is 5. The van der Waals surface area contributed by atoms with Crippen LogP contribution < -0.4 is 14.9 Å². The lowest BCUT2D eigenvalue weighted by Gasteiger charge is -2.19. The standard InChI is InChI=1S/C23H23N5O2S/c1-27(31(29,30)23-16-26-28(17-23)22-10-6-3-7-11-22)21-14-12-20(13-15-21)25-18-24-19-8-4-2-5-9-19/h2-17,24-25H,18H2,1H3. The topological polar surface area (TPSA) is 79.3 Å². The monoisotopic (exact) mass is 433 g/mol. The molecule has 0 amide bonds. The van der Waals surface area contributed by atoms with E-state index in [0.717, 1.165) is 17.1 Å². The van der Waals surface area contributed by atoms with E-state index < -0.39 is 10.0 Å². The number of nitrogens with one attached hydrogen (secondary N) is 2. The summed E-state index contributed by atoms with van der Waals surface area (Å²) in [4.78, 5) is 0.133. The number of benzene rings is 3. The molecule has 0 unspecified atom stereocenters. The third kappa shape index (κ3) is 4.70. The maximum Gasteiger partial charge on any atom is 0.267 e.